The molecule has 4 rings (SSSR count). The summed E-state index contributed by atoms with van der Waals surface area (Å²) in [4.78, 5) is 12.9. The highest BCUT2D eigenvalue weighted by atomic mass is 127. The van der Waals surface area contributed by atoms with Gasteiger partial charge in [0.2, 0.25) is 0 Å². The summed E-state index contributed by atoms with van der Waals surface area (Å²) in [7, 11) is 3.17. The summed E-state index contributed by atoms with van der Waals surface area (Å²) < 4.78 is 10.3. The number of hydrogen-bond acceptors (Lipinski definition) is 4. The van der Waals surface area contributed by atoms with Crippen molar-refractivity contribution in [2.24, 2.45) is 17.3 Å². The lowest BCUT2D eigenvalue weighted by Crippen LogP contribution is -2.47. The molecule has 4 nitrogen and oxygen atoms in total. The third kappa shape index (κ3) is 4.13. The molecule has 31 heavy (non-hydrogen) atoms. The lowest BCUT2D eigenvalue weighted by atomic mass is 9.69. The Kier molecular flexibility index (Phi) is 6.67. The highest BCUT2D eigenvalue weighted by Gasteiger charge is 2.56. The highest BCUT2D eigenvalue weighted by Crippen LogP contribution is 2.58. The number of carbonyl (C=O) groups excluding carboxylic acids is 1. The number of esters is 1. The molecule has 168 valence electrons. The van der Waals surface area contributed by atoms with E-state index in [0.29, 0.717) is 13.0 Å². The van der Waals surface area contributed by atoms with Crippen LogP contribution in [0.1, 0.15) is 44.6 Å². The number of ether oxygens (including phenoxy) is 2. The maximum absolute atomic E-state index is 12.9. The Hall–Kier alpha value is -1.18. The zero-order valence-electron chi connectivity index (χ0n) is 18.7. The van der Waals surface area contributed by atoms with Gasteiger partial charge in [-0.3, -0.25) is 4.79 Å². The molecule has 0 bridgehead atoms. The maximum Gasteiger partial charge on any atom is 0.313 e. The number of aliphatic hydroxyl groups is 1. The first-order chi connectivity index (χ1) is 14.8. The molecule has 5 atom stereocenters. The molecule has 0 spiro atoms. The number of hydrogen-bond donors (Lipinski definition) is 1. The van der Waals surface area contributed by atoms with Crippen molar-refractivity contribution in [1.82, 2.24) is 0 Å². The topological polar surface area (TPSA) is 55.8 Å². The van der Waals surface area contributed by atoms with E-state index in [2.05, 4.69) is 59.9 Å². The summed E-state index contributed by atoms with van der Waals surface area (Å²) in [5, 5.41) is 11.5. The number of carbonyl (C=O) groups is 1. The van der Waals surface area contributed by atoms with Gasteiger partial charge < -0.3 is 14.6 Å². The molecule has 0 aromatic heterocycles. The van der Waals surface area contributed by atoms with Crippen molar-refractivity contribution in [1.29, 1.82) is 0 Å². The van der Waals surface area contributed by atoms with Crippen molar-refractivity contribution < 1.29 is 19.4 Å². The van der Waals surface area contributed by atoms with Gasteiger partial charge in [0.15, 0.2) is 0 Å². The molecule has 0 aliphatic heterocycles. The highest BCUT2D eigenvalue weighted by molar-refractivity contribution is 14.1. The number of alkyl halides is 1. The molecule has 3 aliphatic rings. The van der Waals surface area contributed by atoms with Gasteiger partial charge in [0, 0.05) is 18.4 Å². The van der Waals surface area contributed by atoms with E-state index in [1.165, 1.54) is 29.4 Å². The van der Waals surface area contributed by atoms with Gasteiger partial charge in [0.1, 0.15) is 5.92 Å². The molecule has 0 amide bonds. The normalized spacial score (nSPS) is 36.8. The minimum atomic E-state index is -0.757. The van der Waals surface area contributed by atoms with Crippen molar-refractivity contribution in [3.8, 4) is 0 Å². The van der Waals surface area contributed by atoms with Crippen LogP contribution in [0.15, 0.2) is 53.1 Å². The molecule has 0 heterocycles. The number of rotatable bonds is 5. The zero-order chi connectivity index (χ0) is 22.2. The van der Waals surface area contributed by atoms with E-state index in [4.69, 9.17) is 9.47 Å². The second-order valence-electron chi connectivity index (χ2n) is 9.59. The first-order valence-electron chi connectivity index (χ1n) is 11.2. The molecule has 1 unspecified atom stereocenters. The van der Waals surface area contributed by atoms with Gasteiger partial charge >= 0.3 is 5.97 Å². The van der Waals surface area contributed by atoms with E-state index in [1.807, 2.05) is 6.07 Å². The van der Waals surface area contributed by atoms with Crippen LogP contribution in [-0.4, -0.2) is 41.4 Å². The van der Waals surface area contributed by atoms with Crippen LogP contribution < -0.4 is 0 Å². The van der Waals surface area contributed by atoms with Gasteiger partial charge in [-0.25, -0.2) is 0 Å². The predicted octanol–water partition coefficient (Wildman–Crippen LogP) is 5.04. The molecule has 1 fully saturated rings. The first kappa shape index (κ1) is 23.0. The number of benzene rings is 1. The average molecular weight is 536 g/mol. The molecule has 1 aromatic carbocycles. The van der Waals surface area contributed by atoms with Crippen LogP contribution in [0.5, 0.6) is 0 Å². The molecule has 1 aromatic rings. The molecule has 1 N–H and O–H groups in total. The molecule has 0 radical (unpaired) electrons. The van der Waals surface area contributed by atoms with Crippen LogP contribution in [0.2, 0.25) is 0 Å². The number of methoxy groups -OCH3 is 2. The second kappa shape index (κ2) is 8.99. The predicted molar refractivity (Wildman–Crippen MR) is 130 cm³/mol. The van der Waals surface area contributed by atoms with Crippen molar-refractivity contribution in [2.75, 3.05) is 20.8 Å². The molecule has 0 saturated heterocycles. The standard InChI is InChI=1S/C26H33IO4/c1-25-11-9-18(13-17-7-5-4-6-8-17)20(25)14-22(28)23(24(29)31-3)26(27)12-10-19(16-30-2)21(26)15-25/h4-8,15,19,22-23,28H,9-14,16H2,1-3H3/b21-15-/t19-,22-,23+,25-,26?/m1/s1. The average Bonchev–Trinajstić information content (AvgIpc) is 3.21. The Morgan fingerprint density at radius 2 is 1.97 bits per heavy atom. The Labute approximate surface area is 199 Å². The fraction of sp³-hybridized carbons (Fsp3) is 0.577. The van der Waals surface area contributed by atoms with Gasteiger partial charge in [0.25, 0.3) is 0 Å². The van der Waals surface area contributed by atoms with Crippen LogP contribution in [0.4, 0.5) is 0 Å². The third-order valence-corrected chi connectivity index (χ3v) is 9.52. The monoisotopic (exact) mass is 536 g/mol. The van der Waals surface area contributed by atoms with E-state index >= 15 is 0 Å². The van der Waals surface area contributed by atoms with Crippen LogP contribution in [0.25, 0.3) is 0 Å². The Morgan fingerprint density at radius 3 is 2.65 bits per heavy atom. The Balaban J connectivity index is 1.83. The van der Waals surface area contributed by atoms with Crippen molar-refractivity contribution in [3.63, 3.8) is 0 Å². The van der Waals surface area contributed by atoms with E-state index in [0.717, 1.165) is 32.1 Å². The molecule has 3 aliphatic carbocycles. The Morgan fingerprint density at radius 1 is 1.23 bits per heavy atom. The van der Waals surface area contributed by atoms with Crippen molar-refractivity contribution in [2.45, 2.75) is 55.0 Å². The summed E-state index contributed by atoms with van der Waals surface area (Å²) in [5.74, 6) is -0.602. The number of halogens is 1. The minimum absolute atomic E-state index is 0.0890. The summed E-state index contributed by atoms with van der Waals surface area (Å²) in [6.45, 7) is 2.96. The summed E-state index contributed by atoms with van der Waals surface area (Å²) in [6, 6.07) is 10.5. The molecular formula is C26H33IO4. The smallest absolute Gasteiger partial charge is 0.313 e. The quantitative estimate of drug-likeness (QED) is 0.248. The van der Waals surface area contributed by atoms with E-state index in [9.17, 15) is 9.90 Å². The molecule has 1 saturated carbocycles. The third-order valence-electron chi connectivity index (χ3n) is 7.69. The maximum atomic E-state index is 12.9. The summed E-state index contributed by atoms with van der Waals surface area (Å²) >= 11 is 2.44. The summed E-state index contributed by atoms with van der Waals surface area (Å²) in [5.41, 5.74) is 5.20. The van der Waals surface area contributed by atoms with Crippen LogP contribution in [0.3, 0.4) is 0 Å². The zero-order valence-corrected chi connectivity index (χ0v) is 20.9. The van der Waals surface area contributed by atoms with Gasteiger partial charge in [-0.1, -0.05) is 82.6 Å². The van der Waals surface area contributed by atoms with Crippen LogP contribution >= 0.6 is 22.6 Å². The fourth-order valence-electron chi connectivity index (χ4n) is 6.11. The minimum Gasteiger partial charge on any atom is -0.469 e. The SMILES string of the molecule is COC[C@H]1CCC2(I)/C1=C\[C@@]1(C)CCC(Cc3ccccc3)=C1C[C@@H](O)[C@H]2C(=O)OC. The van der Waals surface area contributed by atoms with E-state index in [1.54, 1.807) is 7.11 Å². The summed E-state index contributed by atoms with van der Waals surface area (Å²) in [6.07, 6.45) is 7.03. The van der Waals surface area contributed by atoms with Crippen molar-refractivity contribution >= 4 is 28.6 Å². The van der Waals surface area contributed by atoms with Gasteiger partial charge in [-0.2, -0.15) is 0 Å². The molecular weight excluding hydrogens is 503 g/mol. The second-order valence-corrected chi connectivity index (χ2v) is 11.5. The number of fused-ring (bicyclic) bond motifs is 2. The lowest BCUT2D eigenvalue weighted by molar-refractivity contribution is -0.150. The number of aliphatic hydroxyl groups excluding tert-OH is 1. The van der Waals surface area contributed by atoms with Crippen LogP contribution in [0, 0.1) is 17.3 Å². The Bertz CT molecular complexity index is 892. The van der Waals surface area contributed by atoms with Gasteiger partial charge in [0.05, 0.1) is 23.2 Å². The van der Waals surface area contributed by atoms with E-state index < -0.39 is 15.4 Å². The lowest BCUT2D eigenvalue weighted by Gasteiger charge is -2.41. The number of allylic oxidation sites excluding steroid dienone is 2. The first-order valence-corrected chi connectivity index (χ1v) is 12.3. The van der Waals surface area contributed by atoms with Gasteiger partial charge in [-0.05, 0) is 44.1 Å². The van der Waals surface area contributed by atoms with Crippen molar-refractivity contribution in [3.05, 3.63) is 58.7 Å². The van der Waals surface area contributed by atoms with Crippen LogP contribution in [-0.2, 0) is 20.7 Å². The van der Waals surface area contributed by atoms with E-state index in [-0.39, 0.29) is 17.3 Å². The van der Waals surface area contributed by atoms with Gasteiger partial charge in [-0.15, -0.1) is 0 Å². The largest absolute Gasteiger partial charge is 0.469 e. The molecule has 5 heteroatoms. The fourth-order valence-corrected chi connectivity index (χ4v) is 7.68.